The number of nitrogens with one attached hydrogen (secondary N) is 1. The highest BCUT2D eigenvalue weighted by molar-refractivity contribution is 5.77. The van der Waals surface area contributed by atoms with E-state index in [1.54, 1.807) is 24.3 Å². The lowest BCUT2D eigenvalue weighted by Crippen LogP contribution is -2.34. The maximum absolute atomic E-state index is 13.0. The van der Waals surface area contributed by atoms with Crippen LogP contribution in [0, 0.1) is 5.82 Å². The number of carbonyl (C=O) groups is 1. The Labute approximate surface area is 148 Å². The smallest absolute Gasteiger partial charge is 0.266 e. The zero-order valence-corrected chi connectivity index (χ0v) is 13.7. The third-order valence-electron chi connectivity index (χ3n) is 3.45. The van der Waals surface area contributed by atoms with E-state index in [-0.39, 0.29) is 36.9 Å². The maximum atomic E-state index is 13.0. The number of benzene rings is 1. The SMILES string of the molecule is O=C(COc1cccc(F)c1)NCCn1nc(-c2ccco2)ccc1=O. The average Bonchev–Trinajstić information content (AvgIpc) is 3.16. The summed E-state index contributed by atoms with van der Waals surface area (Å²) < 4.78 is 24.7. The maximum Gasteiger partial charge on any atom is 0.266 e. The molecule has 7 nitrogen and oxygen atoms in total. The van der Waals surface area contributed by atoms with Crippen molar-refractivity contribution in [2.45, 2.75) is 6.54 Å². The van der Waals surface area contributed by atoms with Gasteiger partial charge >= 0.3 is 0 Å². The van der Waals surface area contributed by atoms with Crippen LogP contribution in [0.25, 0.3) is 11.5 Å². The minimum absolute atomic E-state index is 0.194. The molecule has 0 radical (unpaired) electrons. The molecule has 8 heteroatoms. The molecule has 1 aromatic carbocycles. The normalized spacial score (nSPS) is 10.5. The van der Waals surface area contributed by atoms with Gasteiger partial charge in [0.15, 0.2) is 12.4 Å². The first-order valence-corrected chi connectivity index (χ1v) is 7.89. The van der Waals surface area contributed by atoms with Gasteiger partial charge in [0.05, 0.1) is 12.8 Å². The van der Waals surface area contributed by atoms with Crippen LogP contribution in [0.1, 0.15) is 0 Å². The summed E-state index contributed by atoms with van der Waals surface area (Å²) >= 11 is 0. The van der Waals surface area contributed by atoms with Crippen molar-refractivity contribution in [1.82, 2.24) is 15.1 Å². The number of furan rings is 1. The van der Waals surface area contributed by atoms with Crippen LogP contribution in [0.4, 0.5) is 4.39 Å². The lowest BCUT2D eigenvalue weighted by atomic mass is 10.3. The van der Waals surface area contributed by atoms with E-state index in [0.717, 1.165) is 0 Å². The van der Waals surface area contributed by atoms with E-state index >= 15 is 0 Å². The van der Waals surface area contributed by atoms with Crippen LogP contribution in [0.2, 0.25) is 0 Å². The molecule has 0 bridgehead atoms. The summed E-state index contributed by atoms with van der Waals surface area (Å²) in [5.74, 6) is -0.00948. The fourth-order valence-corrected chi connectivity index (χ4v) is 2.22. The van der Waals surface area contributed by atoms with Gasteiger partial charge in [0.1, 0.15) is 17.3 Å². The first-order valence-electron chi connectivity index (χ1n) is 7.89. The van der Waals surface area contributed by atoms with Gasteiger partial charge in [-0.2, -0.15) is 5.10 Å². The molecule has 3 rings (SSSR count). The third kappa shape index (κ3) is 4.56. The van der Waals surface area contributed by atoms with E-state index in [4.69, 9.17) is 9.15 Å². The predicted molar refractivity (Wildman–Crippen MR) is 91.1 cm³/mol. The molecule has 2 aromatic heterocycles. The highest BCUT2D eigenvalue weighted by Crippen LogP contribution is 2.15. The molecule has 0 fully saturated rings. The Morgan fingerprint density at radius 1 is 1.23 bits per heavy atom. The molecule has 0 aliphatic carbocycles. The van der Waals surface area contributed by atoms with Crippen LogP contribution in [0.15, 0.2) is 64.0 Å². The van der Waals surface area contributed by atoms with Crippen LogP contribution < -0.4 is 15.6 Å². The number of nitrogens with zero attached hydrogens (tertiary/aromatic N) is 2. The second kappa shape index (κ2) is 8.11. The van der Waals surface area contributed by atoms with Gasteiger partial charge in [0.2, 0.25) is 0 Å². The Hall–Kier alpha value is -3.42. The third-order valence-corrected chi connectivity index (χ3v) is 3.45. The number of rotatable bonds is 7. The number of hydrogen-bond donors (Lipinski definition) is 1. The number of aromatic nitrogens is 2. The van der Waals surface area contributed by atoms with Gasteiger partial charge in [-0.1, -0.05) is 6.07 Å². The van der Waals surface area contributed by atoms with Crippen LogP contribution >= 0.6 is 0 Å². The molecular weight excluding hydrogens is 341 g/mol. The highest BCUT2D eigenvalue weighted by atomic mass is 19.1. The van der Waals surface area contributed by atoms with Crippen LogP contribution in [0.3, 0.4) is 0 Å². The van der Waals surface area contributed by atoms with Gasteiger partial charge in [-0.15, -0.1) is 0 Å². The second-order valence-corrected chi connectivity index (χ2v) is 5.35. The lowest BCUT2D eigenvalue weighted by molar-refractivity contribution is -0.123. The minimum Gasteiger partial charge on any atom is -0.484 e. The number of hydrogen-bond acceptors (Lipinski definition) is 5. The van der Waals surface area contributed by atoms with E-state index in [0.29, 0.717) is 11.5 Å². The molecule has 0 aliphatic heterocycles. The van der Waals surface area contributed by atoms with Crippen LogP contribution in [-0.4, -0.2) is 28.8 Å². The molecule has 0 aliphatic rings. The molecule has 0 atom stereocenters. The van der Waals surface area contributed by atoms with Crippen molar-refractivity contribution in [2.75, 3.05) is 13.2 Å². The molecule has 26 heavy (non-hydrogen) atoms. The topological polar surface area (TPSA) is 86.4 Å². The summed E-state index contributed by atoms with van der Waals surface area (Å²) in [5, 5.41) is 6.82. The van der Waals surface area contributed by atoms with Gasteiger partial charge in [-0.05, 0) is 30.3 Å². The second-order valence-electron chi connectivity index (χ2n) is 5.35. The van der Waals surface area contributed by atoms with E-state index in [1.807, 2.05) is 0 Å². The van der Waals surface area contributed by atoms with Crippen molar-refractivity contribution in [1.29, 1.82) is 0 Å². The largest absolute Gasteiger partial charge is 0.484 e. The monoisotopic (exact) mass is 357 g/mol. The van der Waals surface area contributed by atoms with E-state index in [9.17, 15) is 14.0 Å². The van der Waals surface area contributed by atoms with Crippen molar-refractivity contribution in [3.05, 3.63) is 71.0 Å². The van der Waals surface area contributed by atoms with E-state index in [2.05, 4.69) is 10.4 Å². The zero-order chi connectivity index (χ0) is 18.4. The van der Waals surface area contributed by atoms with Crippen LogP contribution in [0.5, 0.6) is 5.75 Å². The Kier molecular flexibility index (Phi) is 5.43. The van der Waals surface area contributed by atoms with E-state index < -0.39 is 5.82 Å². The fourth-order valence-electron chi connectivity index (χ4n) is 2.22. The van der Waals surface area contributed by atoms with Gasteiger partial charge in [-0.3, -0.25) is 9.59 Å². The summed E-state index contributed by atoms with van der Waals surface area (Å²) in [6.45, 7) is 0.136. The number of carbonyl (C=O) groups excluding carboxylic acids is 1. The average molecular weight is 357 g/mol. The molecule has 134 valence electrons. The van der Waals surface area contributed by atoms with Crippen molar-refractivity contribution in [3.8, 4) is 17.2 Å². The quantitative estimate of drug-likeness (QED) is 0.697. The molecule has 0 saturated carbocycles. The lowest BCUT2D eigenvalue weighted by Gasteiger charge is -2.09. The number of halogens is 1. The number of ether oxygens (including phenoxy) is 1. The Balaban J connectivity index is 1.50. The molecule has 1 amide bonds. The summed E-state index contributed by atoms with van der Waals surface area (Å²) in [5.41, 5.74) is 0.237. The van der Waals surface area contributed by atoms with Crippen molar-refractivity contribution in [3.63, 3.8) is 0 Å². The Morgan fingerprint density at radius 2 is 2.12 bits per heavy atom. The summed E-state index contributed by atoms with van der Waals surface area (Å²) in [6, 6.07) is 12.0. The standard InChI is InChI=1S/C18H16FN3O4/c19-13-3-1-4-14(11-13)26-12-17(23)20-8-9-22-18(24)7-6-15(21-22)16-5-2-10-25-16/h1-7,10-11H,8-9,12H2,(H,20,23). The van der Waals surface area contributed by atoms with Crippen LogP contribution in [-0.2, 0) is 11.3 Å². The first kappa shape index (κ1) is 17.4. The molecular formula is C18H16FN3O4. The Bertz CT molecular complexity index is 938. The highest BCUT2D eigenvalue weighted by Gasteiger charge is 2.07. The molecule has 1 N–H and O–H groups in total. The van der Waals surface area contributed by atoms with E-state index in [1.165, 1.54) is 35.2 Å². The van der Waals surface area contributed by atoms with Crippen molar-refractivity contribution < 1.29 is 18.3 Å². The minimum atomic E-state index is -0.440. The number of amides is 1. The fraction of sp³-hybridized carbons (Fsp3) is 0.167. The van der Waals surface area contributed by atoms with Gasteiger partial charge in [0, 0.05) is 18.7 Å². The summed E-state index contributed by atoms with van der Waals surface area (Å²) in [6.07, 6.45) is 1.52. The summed E-state index contributed by atoms with van der Waals surface area (Å²) in [4.78, 5) is 23.6. The molecule has 3 aromatic rings. The van der Waals surface area contributed by atoms with Gasteiger partial charge in [0.25, 0.3) is 11.5 Å². The molecule has 2 heterocycles. The molecule has 0 unspecified atom stereocenters. The zero-order valence-electron chi connectivity index (χ0n) is 13.7. The van der Waals surface area contributed by atoms with Gasteiger partial charge < -0.3 is 14.5 Å². The van der Waals surface area contributed by atoms with Gasteiger partial charge in [-0.25, -0.2) is 9.07 Å². The predicted octanol–water partition coefficient (Wildman–Crippen LogP) is 1.84. The van der Waals surface area contributed by atoms with Crippen molar-refractivity contribution in [2.24, 2.45) is 0 Å². The Morgan fingerprint density at radius 3 is 2.88 bits per heavy atom. The molecule has 0 spiro atoms. The van der Waals surface area contributed by atoms with Crippen molar-refractivity contribution >= 4 is 5.91 Å². The first-order chi connectivity index (χ1) is 12.6. The molecule has 0 saturated heterocycles. The summed E-state index contributed by atoms with van der Waals surface area (Å²) in [7, 11) is 0.